The molecular weight excluding hydrogens is 316 g/mol. The van der Waals surface area contributed by atoms with E-state index in [0.29, 0.717) is 16.7 Å². The topological polar surface area (TPSA) is 33.2 Å². The Balaban J connectivity index is 2.20. The summed E-state index contributed by atoms with van der Waals surface area (Å²) in [5, 5.41) is 0. The number of carbonyl (C=O) groups excluding carboxylic acids is 1. The van der Waals surface area contributed by atoms with Crippen LogP contribution in [0.25, 0.3) is 0 Å². The number of benzene rings is 1. The van der Waals surface area contributed by atoms with Crippen LogP contribution in [-0.2, 0) is 6.54 Å². The van der Waals surface area contributed by atoms with Gasteiger partial charge in [0.05, 0.1) is 5.56 Å². The van der Waals surface area contributed by atoms with Crippen LogP contribution in [0, 0.1) is 0 Å². The van der Waals surface area contributed by atoms with Gasteiger partial charge in [-0.2, -0.15) is 0 Å². The van der Waals surface area contributed by atoms with Crippen molar-refractivity contribution < 1.29 is 4.79 Å². The lowest BCUT2D eigenvalue weighted by atomic mass is 10.2. The van der Waals surface area contributed by atoms with Gasteiger partial charge in [0, 0.05) is 19.3 Å². The molecule has 0 fully saturated rings. The van der Waals surface area contributed by atoms with Gasteiger partial charge >= 0.3 is 0 Å². The fraction of sp³-hybridized carbons (Fsp3) is 0.250. The molecule has 0 N–H and O–H groups in total. The Morgan fingerprint density at radius 2 is 1.95 bits per heavy atom. The summed E-state index contributed by atoms with van der Waals surface area (Å²) in [5.41, 5.74) is 1.74. The van der Waals surface area contributed by atoms with E-state index >= 15 is 0 Å². The van der Waals surface area contributed by atoms with Crippen LogP contribution in [0.1, 0.15) is 29.3 Å². The molecule has 1 aromatic heterocycles. The standard InChI is InChI=1S/C16H17BrN2O/c1-2-11-19(12-13-7-4-3-5-8-13)16(20)14-9-6-10-18-15(14)17/h3-10H,2,11-12H2,1H3. The molecule has 0 aliphatic rings. The van der Waals surface area contributed by atoms with E-state index in [0.717, 1.165) is 18.5 Å². The first-order valence-electron chi connectivity index (χ1n) is 6.66. The van der Waals surface area contributed by atoms with Crippen molar-refractivity contribution in [2.45, 2.75) is 19.9 Å². The Bertz CT molecular complexity index is 572. The maximum absolute atomic E-state index is 12.6. The monoisotopic (exact) mass is 332 g/mol. The van der Waals surface area contributed by atoms with E-state index in [1.54, 1.807) is 18.3 Å². The van der Waals surface area contributed by atoms with E-state index in [1.165, 1.54) is 0 Å². The average Bonchev–Trinajstić information content (AvgIpc) is 2.48. The lowest BCUT2D eigenvalue weighted by Crippen LogP contribution is -2.31. The van der Waals surface area contributed by atoms with E-state index in [-0.39, 0.29) is 5.91 Å². The molecule has 1 aromatic carbocycles. The highest BCUT2D eigenvalue weighted by Gasteiger charge is 2.18. The van der Waals surface area contributed by atoms with Gasteiger partial charge in [-0.05, 0) is 40.0 Å². The summed E-state index contributed by atoms with van der Waals surface area (Å²) in [4.78, 5) is 18.6. The smallest absolute Gasteiger partial charge is 0.256 e. The minimum Gasteiger partial charge on any atom is -0.334 e. The number of hydrogen-bond acceptors (Lipinski definition) is 2. The lowest BCUT2D eigenvalue weighted by Gasteiger charge is -2.22. The van der Waals surface area contributed by atoms with Gasteiger partial charge in [0.1, 0.15) is 4.60 Å². The van der Waals surface area contributed by atoms with E-state index in [9.17, 15) is 4.79 Å². The van der Waals surface area contributed by atoms with Gasteiger partial charge in [-0.25, -0.2) is 4.98 Å². The summed E-state index contributed by atoms with van der Waals surface area (Å²) >= 11 is 3.34. The number of amides is 1. The fourth-order valence-electron chi connectivity index (χ4n) is 2.04. The molecule has 20 heavy (non-hydrogen) atoms. The molecule has 2 aromatic rings. The summed E-state index contributed by atoms with van der Waals surface area (Å²) in [6, 6.07) is 13.6. The summed E-state index contributed by atoms with van der Waals surface area (Å²) in [5.74, 6) is 0.00989. The van der Waals surface area contributed by atoms with Crippen molar-refractivity contribution in [1.82, 2.24) is 9.88 Å². The van der Waals surface area contributed by atoms with Crippen LogP contribution in [-0.4, -0.2) is 22.3 Å². The van der Waals surface area contributed by atoms with Crippen molar-refractivity contribution in [3.05, 3.63) is 64.4 Å². The molecule has 2 rings (SSSR count). The minimum absolute atomic E-state index is 0.00989. The van der Waals surface area contributed by atoms with Crippen molar-refractivity contribution >= 4 is 21.8 Å². The van der Waals surface area contributed by atoms with Gasteiger partial charge < -0.3 is 4.90 Å². The van der Waals surface area contributed by atoms with E-state index in [4.69, 9.17) is 0 Å². The van der Waals surface area contributed by atoms with Crippen molar-refractivity contribution in [3.8, 4) is 0 Å². The summed E-state index contributed by atoms with van der Waals surface area (Å²) < 4.78 is 0.596. The number of rotatable bonds is 5. The molecule has 1 heterocycles. The summed E-state index contributed by atoms with van der Waals surface area (Å²) in [7, 11) is 0. The second-order valence-corrected chi connectivity index (χ2v) is 5.31. The third-order valence-electron chi connectivity index (χ3n) is 2.99. The molecule has 0 atom stereocenters. The molecule has 0 radical (unpaired) electrons. The van der Waals surface area contributed by atoms with E-state index < -0.39 is 0 Å². The van der Waals surface area contributed by atoms with Crippen molar-refractivity contribution in [1.29, 1.82) is 0 Å². The zero-order valence-electron chi connectivity index (χ0n) is 11.4. The maximum atomic E-state index is 12.6. The highest BCUT2D eigenvalue weighted by Crippen LogP contribution is 2.17. The van der Waals surface area contributed by atoms with Gasteiger partial charge in [0.2, 0.25) is 0 Å². The predicted molar refractivity (Wildman–Crippen MR) is 83.4 cm³/mol. The van der Waals surface area contributed by atoms with Crippen LogP contribution >= 0.6 is 15.9 Å². The Hall–Kier alpha value is -1.68. The third kappa shape index (κ3) is 3.67. The molecule has 0 spiro atoms. The number of nitrogens with zero attached hydrogens (tertiary/aromatic N) is 2. The Kier molecular flexibility index (Phi) is 5.30. The zero-order chi connectivity index (χ0) is 14.4. The second-order valence-electron chi connectivity index (χ2n) is 4.55. The molecule has 0 saturated heterocycles. The number of aromatic nitrogens is 1. The first kappa shape index (κ1) is 14.7. The highest BCUT2D eigenvalue weighted by molar-refractivity contribution is 9.10. The van der Waals surface area contributed by atoms with Crippen LogP contribution in [0.3, 0.4) is 0 Å². The van der Waals surface area contributed by atoms with Gasteiger partial charge in [0.15, 0.2) is 0 Å². The SMILES string of the molecule is CCCN(Cc1ccccc1)C(=O)c1cccnc1Br. The maximum Gasteiger partial charge on any atom is 0.256 e. The number of halogens is 1. The van der Waals surface area contributed by atoms with Crippen LogP contribution in [0.2, 0.25) is 0 Å². The molecule has 1 amide bonds. The van der Waals surface area contributed by atoms with Crippen molar-refractivity contribution in [2.75, 3.05) is 6.54 Å². The molecule has 4 heteroatoms. The Morgan fingerprint density at radius 1 is 1.20 bits per heavy atom. The molecule has 3 nitrogen and oxygen atoms in total. The van der Waals surface area contributed by atoms with Gasteiger partial charge in [0.25, 0.3) is 5.91 Å². The van der Waals surface area contributed by atoms with Crippen LogP contribution < -0.4 is 0 Å². The van der Waals surface area contributed by atoms with Crippen LogP contribution in [0.5, 0.6) is 0 Å². The molecule has 0 saturated carbocycles. The molecule has 0 bridgehead atoms. The van der Waals surface area contributed by atoms with Gasteiger partial charge in [-0.15, -0.1) is 0 Å². The largest absolute Gasteiger partial charge is 0.334 e. The zero-order valence-corrected chi connectivity index (χ0v) is 13.0. The first-order chi connectivity index (χ1) is 9.72. The predicted octanol–water partition coefficient (Wildman–Crippen LogP) is 3.90. The Labute approximate surface area is 127 Å². The van der Waals surface area contributed by atoms with Crippen molar-refractivity contribution in [3.63, 3.8) is 0 Å². The second kappa shape index (κ2) is 7.20. The summed E-state index contributed by atoms with van der Waals surface area (Å²) in [6.07, 6.45) is 2.60. The number of carbonyl (C=O) groups is 1. The molecule has 0 aliphatic carbocycles. The fourth-order valence-corrected chi connectivity index (χ4v) is 2.46. The Morgan fingerprint density at radius 3 is 2.60 bits per heavy atom. The normalized spacial score (nSPS) is 10.3. The van der Waals surface area contributed by atoms with Gasteiger partial charge in [-0.3, -0.25) is 4.79 Å². The van der Waals surface area contributed by atoms with Crippen molar-refractivity contribution in [2.24, 2.45) is 0 Å². The summed E-state index contributed by atoms with van der Waals surface area (Å²) in [6.45, 7) is 3.42. The van der Waals surface area contributed by atoms with E-state index in [2.05, 4.69) is 27.8 Å². The first-order valence-corrected chi connectivity index (χ1v) is 7.45. The molecule has 0 aliphatic heterocycles. The van der Waals surface area contributed by atoms with Gasteiger partial charge in [-0.1, -0.05) is 37.3 Å². The number of pyridine rings is 1. The highest BCUT2D eigenvalue weighted by atomic mass is 79.9. The average molecular weight is 333 g/mol. The van der Waals surface area contributed by atoms with E-state index in [1.807, 2.05) is 35.2 Å². The quantitative estimate of drug-likeness (QED) is 0.778. The minimum atomic E-state index is 0.00989. The van der Waals surface area contributed by atoms with Crippen LogP contribution in [0.15, 0.2) is 53.3 Å². The molecule has 0 unspecified atom stereocenters. The van der Waals surface area contributed by atoms with Crippen LogP contribution in [0.4, 0.5) is 0 Å². The third-order valence-corrected chi connectivity index (χ3v) is 3.62. The number of hydrogen-bond donors (Lipinski definition) is 0. The molecular formula is C16H17BrN2O. The lowest BCUT2D eigenvalue weighted by molar-refractivity contribution is 0.0741. The molecule has 104 valence electrons.